The molecule has 2 aromatic rings. The van der Waals surface area contributed by atoms with E-state index in [1.807, 2.05) is 0 Å². The number of aliphatic hydroxyl groups excluding tert-OH is 1. The zero-order valence-electron chi connectivity index (χ0n) is 12.3. The highest BCUT2D eigenvalue weighted by Crippen LogP contribution is 2.30. The summed E-state index contributed by atoms with van der Waals surface area (Å²) < 4.78 is 4.72. The summed E-state index contributed by atoms with van der Waals surface area (Å²) in [5.41, 5.74) is 0.915. The summed E-state index contributed by atoms with van der Waals surface area (Å²) in [5.74, 6) is -1.56. The van der Waals surface area contributed by atoms with E-state index in [1.54, 1.807) is 54.6 Å². The summed E-state index contributed by atoms with van der Waals surface area (Å²) in [5, 5.41) is 10.5. The second-order valence-corrected chi connectivity index (χ2v) is 4.89. The van der Waals surface area contributed by atoms with E-state index in [0.717, 1.165) is 0 Å². The molecule has 5 nitrogen and oxygen atoms in total. The van der Waals surface area contributed by atoms with Crippen LogP contribution < -0.4 is 0 Å². The molecule has 0 spiro atoms. The lowest BCUT2D eigenvalue weighted by Gasteiger charge is -2.08. The highest BCUT2D eigenvalue weighted by Gasteiger charge is 2.33. The molecule has 3 rings (SSSR count). The lowest BCUT2D eigenvalue weighted by Crippen LogP contribution is -2.22. The molecule has 2 aromatic carbocycles. The molecule has 1 N–H and O–H groups in total. The maximum atomic E-state index is 12.5. The van der Waals surface area contributed by atoms with Crippen LogP contribution in [-0.4, -0.2) is 29.7 Å². The van der Waals surface area contributed by atoms with Crippen LogP contribution in [0.15, 0.2) is 65.2 Å². The highest BCUT2D eigenvalue weighted by molar-refractivity contribution is 6.59. The van der Waals surface area contributed by atoms with Gasteiger partial charge < -0.3 is 9.84 Å². The molecule has 5 heteroatoms. The topological polar surface area (TPSA) is 76.0 Å². The van der Waals surface area contributed by atoms with Gasteiger partial charge in [0.1, 0.15) is 17.0 Å². The summed E-state index contributed by atoms with van der Waals surface area (Å²) in [6, 6.07) is 15.2. The molecule has 114 valence electrons. The van der Waals surface area contributed by atoms with Crippen LogP contribution in [-0.2, 0) is 9.53 Å². The van der Waals surface area contributed by atoms with Crippen molar-refractivity contribution in [2.24, 2.45) is 4.99 Å². The van der Waals surface area contributed by atoms with Crippen molar-refractivity contribution >= 4 is 28.9 Å². The van der Waals surface area contributed by atoms with Gasteiger partial charge >= 0.3 is 5.97 Å². The van der Waals surface area contributed by atoms with E-state index < -0.39 is 11.8 Å². The van der Waals surface area contributed by atoms with Gasteiger partial charge in [-0.1, -0.05) is 42.5 Å². The van der Waals surface area contributed by atoms with Gasteiger partial charge in [0, 0.05) is 11.1 Å². The van der Waals surface area contributed by atoms with Crippen LogP contribution >= 0.6 is 0 Å². The molecule has 0 aliphatic carbocycles. The normalized spacial score (nSPS) is 14.0. The fourth-order valence-corrected chi connectivity index (χ4v) is 2.38. The second kappa shape index (κ2) is 5.88. The van der Waals surface area contributed by atoms with E-state index in [0.29, 0.717) is 16.8 Å². The molecular weight excluding hydrogens is 294 g/mol. The van der Waals surface area contributed by atoms with Crippen molar-refractivity contribution in [1.29, 1.82) is 0 Å². The number of aliphatic hydroxyl groups is 1. The van der Waals surface area contributed by atoms with Gasteiger partial charge in [0.05, 0.1) is 12.8 Å². The lowest BCUT2D eigenvalue weighted by atomic mass is 9.99. The first-order chi connectivity index (χ1) is 11.1. The van der Waals surface area contributed by atoms with Crippen molar-refractivity contribution in [1.82, 2.24) is 0 Å². The van der Waals surface area contributed by atoms with E-state index in [-0.39, 0.29) is 17.0 Å². The molecule has 1 aliphatic rings. The summed E-state index contributed by atoms with van der Waals surface area (Å²) in [4.78, 5) is 28.8. The number of esters is 1. The van der Waals surface area contributed by atoms with Crippen LogP contribution in [0, 0.1) is 0 Å². The summed E-state index contributed by atoms with van der Waals surface area (Å²) in [6.07, 6.45) is 0. The Bertz CT molecular complexity index is 850. The largest absolute Gasteiger partial charge is 0.506 e. The fourth-order valence-electron chi connectivity index (χ4n) is 2.38. The van der Waals surface area contributed by atoms with Crippen LogP contribution in [0.25, 0.3) is 5.76 Å². The van der Waals surface area contributed by atoms with Crippen molar-refractivity contribution in [3.63, 3.8) is 0 Å². The smallest absolute Gasteiger partial charge is 0.344 e. The van der Waals surface area contributed by atoms with E-state index in [9.17, 15) is 14.7 Å². The Morgan fingerprint density at radius 1 is 1.04 bits per heavy atom. The number of methoxy groups -OCH3 is 1. The third kappa shape index (κ3) is 2.53. The molecule has 0 unspecified atom stereocenters. The Labute approximate surface area is 132 Å². The van der Waals surface area contributed by atoms with Crippen molar-refractivity contribution in [3.8, 4) is 0 Å². The first kappa shape index (κ1) is 14.7. The van der Waals surface area contributed by atoms with E-state index in [1.165, 1.54) is 7.11 Å². The molecule has 0 radical (unpaired) electrons. The number of fused-ring (bicyclic) bond motifs is 1. The summed E-state index contributed by atoms with van der Waals surface area (Å²) in [6.45, 7) is 0. The SMILES string of the molecule is COC(=O)/C(C1=Nc2ccccc2C1=O)=C(/O)c1ccccc1. The minimum absolute atomic E-state index is 0.112. The molecule has 0 saturated carbocycles. The third-order valence-corrected chi connectivity index (χ3v) is 3.51. The Balaban J connectivity index is 2.17. The number of carbonyl (C=O) groups excluding carboxylic acids is 2. The maximum absolute atomic E-state index is 12.5. The third-order valence-electron chi connectivity index (χ3n) is 3.51. The first-order valence-electron chi connectivity index (χ1n) is 6.93. The van der Waals surface area contributed by atoms with Gasteiger partial charge in [-0.15, -0.1) is 0 Å². The van der Waals surface area contributed by atoms with E-state index >= 15 is 0 Å². The van der Waals surface area contributed by atoms with E-state index in [4.69, 9.17) is 4.74 Å². The van der Waals surface area contributed by atoms with Crippen LogP contribution in [0.3, 0.4) is 0 Å². The average Bonchev–Trinajstić information content (AvgIpc) is 2.92. The van der Waals surface area contributed by atoms with Crippen LogP contribution in [0.4, 0.5) is 5.69 Å². The molecular formula is C18H13NO4. The van der Waals surface area contributed by atoms with Crippen molar-refractivity contribution < 1.29 is 19.4 Å². The number of hydrogen-bond acceptors (Lipinski definition) is 5. The van der Waals surface area contributed by atoms with Gasteiger partial charge in [0.2, 0.25) is 5.78 Å². The number of Topliss-reactive ketones (excluding diaryl/α,β-unsaturated/α-hetero) is 1. The molecule has 1 aliphatic heterocycles. The zero-order valence-corrected chi connectivity index (χ0v) is 12.3. The van der Waals surface area contributed by atoms with Gasteiger partial charge in [-0.25, -0.2) is 9.79 Å². The molecule has 0 amide bonds. The minimum Gasteiger partial charge on any atom is -0.506 e. The molecule has 0 aromatic heterocycles. The van der Waals surface area contributed by atoms with Gasteiger partial charge in [0.15, 0.2) is 0 Å². The number of ketones is 1. The number of carbonyl (C=O) groups is 2. The van der Waals surface area contributed by atoms with E-state index in [2.05, 4.69) is 4.99 Å². The number of hydrogen-bond donors (Lipinski definition) is 1. The van der Waals surface area contributed by atoms with Crippen LogP contribution in [0.2, 0.25) is 0 Å². The number of aliphatic imine (C=N–C) groups is 1. The molecule has 0 bridgehead atoms. The molecule has 1 heterocycles. The van der Waals surface area contributed by atoms with Gasteiger partial charge in [-0.05, 0) is 12.1 Å². The Morgan fingerprint density at radius 3 is 2.35 bits per heavy atom. The van der Waals surface area contributed by atoms with Crippen molar-refractivity contribution in [2.45, 2.75) is 0 Å². The van der Waals surface area contributed by atoms with Crippen LogP contribution in [0.1, 0.15) is 15.9 Å². The van der Waals surface area contributed by atoms with Gasteiger partial charge in [0.25, 0.3) is 0 Å². The highest BCUT2D eigenvalue weighted by atomic mass is 16.5. The number of rotatable bonds is 3. The maximum Gasteiger partial charge on any atom is 0.344 e. The predicted octanol–water partition coefficient (Wildman–Crippen LogP) is 3.10. The fraction of sp³-hybridized carbons (Fsp3) is 0.0556. The second-order valence-electron chi connectivity index (χ2n) is 4.89. The molecule has 0 fully saturated rings. The zero-order chi connectivity index (χ0) is 16.4. The Morgan fingerprint density at radius 2 is 1.70 bits per heavy atom. The average molecular weight is 307 g/mol. The monoisotopic (exact) mass is 307 g/mol. The van der Waals surface area contributed by atoms with Crippen molar-refractivity contribution in [3.05, 3.63) is 71.3 Å². The molecule has 23 heavy (non-hydrogen) atoms. The number of ether oxygens (including phenoxy) is 1. The number of para-hydroxylation sites is 1. The first-order valence-corrected chi connectivity index (χ1v) is 6.93. The Hall–Kier alpha value is -3.21. The summed E-state index contributed by atoms with van der Waals surface area (Å²) in [7, 11) is 1.19. The van der Waals surface area contributed by atoms with Crippen LogP contribution in [0.5, 0.6) is 0 Å². The standard InChI is InChI=1S/C18H13NO4/c1-23-18(22)14(16(20)11-7-3-2-4-8-11)15-17(21)12-9-5-6-10-13(12)19-15/h2-10,20H,1H3/b16-14+. The lowest BCUT2D eigenvalue weighted by molar-refractivity contribution is -0.135. The minimum atomic E-state index is -0.814. The Kier molecular flexibility index (Phi) is 3.76. The molecule has 0 atom stereocenters. The number of benzene rings is 2. The number of nitrogens with zero attached hydrogens (tertiary/aromatic N) is 1. The van der Waals surface area contributed by atoms with Gasteiger partial charge in [-0.3, -0.25) is 4.79 Å². The summed E-state index contributed by atoms with van der Waals surface area (Å²) >= 11 is 0. The van der Waals surface area contributed by atoms with Crippen molar-refractivity contribution in [2.75, 3.05) is 7.11 Å². The molecule has 0 saturated heterocycles. The predicted molar refractivity (Wildman–Crippen MR) is 85.9 cm³/mol. The van der Waals surface area contributed by atoms with Gasteiger partial charge in [-0.2, -0.15) is 0 Å². The quantitative estimate of drug-likeness (QED) is 0.537.